The van der Waals surface area contributed by atoms with Crippen LogP contribution in [0.25, 0.3) is 6.08 Å². The van der Waals surface area contributed by atoms with E-state index in [1.807, 2.05) is 6.08 Å². The first-order chi connectivity index (χ1) is 9.86. The standard InChI is InChI=1S/C15H21NO5/c1-10-11(2)15(18)13(12(3)14(10)17)8-6-4-5-7-9-21-16(19)20/h6,8,17-18H,4-5,7,9H2,1-3H3/b8-6+. The van der Waals surface area contributed by atoms with Crippen LogP contribution in [-0.4, -0.2) is 21.9 Å². The third-order valence-corrected chi connectivity index (χ3v) is 3.53. The molecule has 0 atom stereocenters. The van der Waals surface area contributed by atoms with Gasteiger partial charge in [-0.2, -0.15) is 0 Å². The molecular weight excluding hydrogens is 274 g/mol. The first-order valence-corrected chi connectivity index (χ1v) is 6.81. The smallest absolute Gasteiger partial charge is 0.294 e. The molecule has 1 aromatic carbocycles. The molecule has 116 valence electrons. The van der Waals surface area contributed by atoms with Crippen LogP contribution in [-0.2, 0) is 4.84 Å². The van der Waals surface area contributed by atoms with Crippen LogP contribution in [0.5, 0.6) is 11.5 Å². The van der Waals surface area contributed by atoms with Crippen LogP contribution >= 0.6 is 0 Å². The van der Waals surface area contributed by atoms with Crippen molar-refractivity contribution in [3.05, 3.63) is 38.4 Å². The Labute approximate surface area is 123 Å². The number of hydrogen-bond acceptors (Lipinski definition) is 5. The molecule has 0 aliphatic carbocycles. The fraction of sp³-hybridized carbons (Fsp3) is 0.467. The zero-order chi connectivity index (χ0) is 16.0. The highest BCUT2D eigenvalue weighted by Gasteiger charge is 2.14. The van der Waals surface area contributed by atoms with Crippen molar-refractivity contribution in [2.45, 2.75) is 40.0 Å². The molecule has 0 unspecified atom stereocenters. The highest BCUT2D eigenvalue weighted by molar-refractivity contribution is 5.68. The van der Waals surface area contributed by atoms with Crippen LogP contribution in [0.15, 0.2) is 6.08 Å². The summed E-state index contributed by atoms with van der Waals surface area (Å²) in [6.07, 6.45) is 5.71. The topological polar surface area (TPSA) is 92.8 Å². The minimum Gasteiger partial charge on any atom is -0.507 e. The van der Waals surface area contributed by atoms with Gasteiger partial charge in [-0.3, -0.25) is 0 Å². The predicted molar refractivity (Wildman–Crippen MR) is 79.8 cm³/mol. The molecule has 1 rings (SSSR count). The van der Waals surface area contributed by atoms with E-state index in [0.29, 0.717) is 35.1 Å². The van der Waals surface area contributed by atoms with Crippen molar-refractivity contribution < 1.29 is 20.1 Å². The molecule has 1 aromatic rings. The SMILES string of the molecule is Cc1c(C)c(O)c(/C=C/CCCCO[N+](=O)[O-])c(C)c1O. The Morgan fingerprint density at radius 1 is 1.10 bits per heavy atom. The summed E-state index contributed by atoms with van der Waals surface area (Å²) in [5, 5.41) is 29.3. The third-order valence-electron chi connectivity index (χ3n) is 3.53. The predicted octanol–water partition coefficient (Wildman–Crippen LogP) is 3.41. The van der Waals surface area contributed by atoms with Crippen molar-refractivity contribution in [2.75, 3.05) is 6.61 Å². The maximum atomic E-state index is 10.1. The van der Waals surface area contributed by atoms with Gasteiger partial charge in [-0.25, -0.2) is 0 Å². The summed E-state index contributed by atoms with van der Waals surface area (Å²) in [7, 11) is 0. The number of aromatic hydroxyl groups is 2. The fourth-order valence-electron chi connectivity index (χ4n) is 2.05. The second kappa shape index (κ2) is 7.52. The van der Waals surface area contributed by atoms with Gasteiger partial charge < -0.3 is 15.1 Å². The van der Waals surface area contributed by atoms with Crippen molar-refractivity contribution in [2.24, 2.45) is 0 Å². The lowest BCUT2D eigenvalue weighted by Crippen LogP contribution is -2.01. The van der Waals surface area contributed by atoms with Gasteiger partial charge in [0, 0.05) is 11.1 Å². The van der Waals surface area contributed by atoms with Gasteiger partial charge in [-0.1, -0.05) is 12.2 Å². The molecule has 0 spiro atoms. The molecule has 0 aliphatic heterocycles. The molecule has 21 heavy (non-hydrogen) atoms. The molecule has 0 aliphatic rings. The number of benzene rings is 1. The van der Waals surface area contributed by atoms with Crippen molar-refractivity contribution in [1.82, 2.24) is 0 Å². The second-order valence-electron chi connectivity index (χ2n) is 4.94. The number of hydrogen-bond donors (Lipinski definition) is 2. The minimum atomic E-state index is -0.797. The highest BCUT2D eigenvalue weighted by Crippen LogP contribution is 2.36. The van der Waals surface area contributed by atoms with Gasteiger partial charge in [0.05, 0.1) is 6.61 Å². The molecule has 0 amide bonds. The van der Waals surface area contributed by atoms with E-state index in [-0.39, 0.29) is 18.1 Å². The average molecular weight is 295 g/mol. The molecule has 0 saturated carbocycles. The van der Waals surface area contributed by atoms with Gasteiger partial charge in [0.25, 0.3) is 5.09 Å². The Bertz CT molecular complexity index is 522. The number of rotatable bonds is 7. The van der Waals surface area contributed by atoms with E-state index in [0.717, 1.165) is 6.42 Å². The molecule has 0 heterocycles. The van der Waals surface area contributed by atoms with E-state index in [1.165, 1.54) is 0 Å². The van der Waals surface area contributed by atoms with Crippen LogP contribution in [0, 0.1) is 30.9 Å². The summed E-state index contributed by atoms with van der Waals surface area (Å²) in [5.74, 6) is 0.375. The number of nitrogens with zero attached hydrogens (tertiary/aromatic N) is 1. The minimum absolute atomic E-state index is 0.0928. The van der Waals surface area contributed by atoms with Crippen molar-refractivity contribution in [3.8, 4) is 11.5 Å². The summed E-state index contributed by atoms with van der Waals surface area (Å²) >= 11 is 0. The van der Waals surface area contributed by atoms with Gasteiger partial charge in [0.2, 0.25) is 0 Å². The zero-order valence-electron chi connectivity index (χ0n) is 12.5. The van der Waals surface area contributed by atoms with E-state index in [2.05, 4.69) is 4.84 Å². The quantitative estimate of drug-likeness (QED) is 0.348. The lowest BCUT2D eigenvalue weighted by atomic mass is 9.97. The number of unbranched alkanes of at least 4 members (excludes halogenated alkanes) is 2. The largest absolute Gasteiger partial charge is 0.507 e. The lowest BCUT2D eigenvalue weighted by Gasteiger charge is -2.13. The first kappa shape index (κ1) is 16.8. The molecule has 0 fully saturated rings. The van der Waals surface area contributed by atoms with E-state index < -0.39 is 5.09 Å². The molecule has 0 radical (unpaired) electrons. The third kappa shape index (κ3) is 4.37. The number of phenolic OH excluding ortho intramolecular Hbond substituents is 2. The summed E-state index contributed by atoms with van der Waals surface area (Å²) in [6, 6.07) is 0. The molecule has 2 N–H and O–H groups in total. The van der Waals surface area contributed by atoms with Gasteiger partial charge in [-0.15, -0.1) is 10.1 Å². The number of allylic oxidation sites excluding steroid dienone is 1. The van der Waals surface area contributed by atoms with Gasteiger partial charge in [0.1, 0.15) is 11.5 Å². The van der Waals surface area contributed by atoms with Gasteiger partial charge >= 0.3 is 0 Å². The molecule has 6 heteroatoms. The molecule has 0 aromatic heterocycles. The fourth-order valence-corrected chi connectivity index (χ4v) is 2.05. The summed E-state index contributed by atoms with van der Waals surface area (Å²) < 4.78 is 0. The average Bonchev–Trinajstić information content (AvgIpc) is 2.45. The molecular formula is C15H21NO5. The maximum absolute atomic E-state index is 10.1. The summed E-state index contributed by atoms with van der Waals surface area (Å²) in [5.41, 5.74) is 2.59. The maximum Gasteiger partial charge on any atom is 0.294 e. The van der Waals surface area contributed by atoms with Crippen LogP contribution < -0.4 is 0 Å². The molecule has 0 bridgehead atoms. The Balaban J connectivity index is 2.63. The van der Waals surface area contributed by atoms with Gasteiger partial charge in [0.15, 0.2) is 0 Å². The lowest BCUT2D eigenvalue weighted by molar-refractivity contribution is -0.757. The molecule has 6 nitrogen and oxygen atoms in total. The Kier molecular flexibility index (Phi) is 6.02. The van der Waals surface area contributed by atoms with Crippen molar-refractivity contribution in [3.63, 3.8) is 0 Å². The van der Waals surface area contributed by atoms with Crippen LogP contribution in [0.1, 0.15) is 41.5 Å². The Hall–Kier alpha value is -2.24. The molecule has 0 saturated heterocycles. The van der Waals surface area contributed by atoms with Gasteiger partial charge in [-0.05, 0) is 51.2 Å². The van der Waals surface area contributed by atoms with Crippen LogP contribution in [0.2, 0.25) is 0 Å². The second-order valence-corrected chi connectivity index (χ2v) is 4.94. The van der Waals surface area contributed by atoms with E-state index >= 15 is 0 Å². The van der Waals surface area contributed by atoms with Crippen LogP contribution in [0.3, 0.4) is 0 Å². The number of phenols is 2. The van der Waals surface area contributed by atoms with E-state index in [4.69, 9.17) is 0 Å². The first-order valence-electron chi connectivity index (χ1n) is 6.81. The normalized spacial score (nSPS) is 11.0. The van der Waals surface area contributed by atoms with Crippen molar-refractivity contribution >= 4 is 6.08 Å². The zero-order valence-corrected chi connectivity index (χ0v) is 12.5. The van der Waals surface area contributed by atoms with Crippen LogP contribution in [0.4, 0.5) is 0 Å². The Morgan fingerprint density at radius 2 is 1.71 bits per heavy atom. The summed E-state index contributed by atoms with van der Waals surface area (Å²) in [6.45, 7) is 5.37. The highest BCUT2D eigenvalue weighted by atomic mass is 16.9. The van der Waals surface area contributed by atoms with E-state index in [9.17, 15) is 20.3 Å². The monoisotopic (exact) mass is 295 g/mol. The van der Waals surface area contributed by atoms with E-state index in [1.54, 1.807) is 26.8 Å². The Morgan fingerprint density at radius 3 is 2.33 bits per heavy atom. The summed E-state index contributed by atoms with van der Waals surface area (Å²) in [4.78, 5) is 14.2. The van der Waals surface area contributed by atoms with Crippen molar-refractivity contribution in [1.29, 1.82) is 0 Å².